The van der Waals surface area contributed by atoms with Crippen LogP contribution >= 0.6 is 11.3 Å². The number of fused-ring (bicyclic) bond motifs is 6. The Morgan fingerprint density at radius 3 is 2.09 bits per heavy atom. The van der Waals surface area contributed by atoms with Crippen molar-refractivity contribution in [3.8, 4) is 55.9 Å². The lowest BCUT2D eigenvalue weighted by molar-refractivity contribution is 0.878. The van der Waals surface area contributed by atoms with E-state index in [-0.39, 0.29) is 0 Å². The number of benzene rings is 6. The van der Waals surface area contributed by atoms with Crippen LogP contribution in [0.2, 0.25) is 0 Å². The van der Waals surface area contributed by atoms with E-state index in [0.717, 1.165) is 40.1 Å². The second kappa shape index (κ2) is 10.6. The molecule has 2 aromatic heterocycles. The van der Waals surface area contributed by atoms with Gasteiger partial charge in [-0.05, 0) is 87.7 Å². The van der Waals surface area contributed by atoms with Gasteiger partial charge in [-0.15, -0.1) is 21.5 Å². The average molecular weight is 608 g/mol. The number of hydrogen-bond donors (Lipinski definition) is 0. The zero-order chi connectivity index (χ0) is 30.8. The van der Waals surface area contributed by atoms with Crippen LogP contribution in [0.3, 0.4) is 0 Å². The molecule has 0 saturated carbocycles. The Hall–Kier alpha value is -5.45. The quantitative estimate of drug-likeness (QED) is 0.200. The van der Waals surface area contributed by atoms with Crippen molar-refractivity contribution in [1.29, 1.82) is 0 Å². The molecule has 0 bridgehead atoms. The van der Waals surface area contributed by atoms with Crippen LogP contribution in [-0.2, 0) is 6.42 Å². The van der Waals surface area contributed by atoms with E-state index in [4.69, 9.17) is 10.2 Å². The minimum Gasteiger partial charge on any atom is -0.135 e. The summed E-state index contributed by atoms with van der Waals surface area (Å²) in [5.41, 5.74) is 16.2. The fraction of sp³-hybridized carbons (Fsp3) is 0.0714. The molecule has 2 heterocycles. The smallest absolute Gasteiger partial charge is 0.105 e. The highest BCUT2D eigenvalue weighted by Crippen LogP contribution is 2.50. The van der Waals surface area contributed by atoms with Gasteiger partial charge in [0.25, 0.3) is 0 Å². The molecule has 218 valence electrons. The first-order chi connectivity index (χ1) is 22.7. The standard InChI is InChI=1S/C42H29N3S/c1-25-23-34-29-16-7-6-15-28(29)24-35(34)38(26(25)2)40-41(27-13-4-3-5-14-27)43-45-44-42(40)32-18-9-8-17-30(32)31-20-12-22-37-39(31)33-19-10-11-21-36(33)46-37/h3-23H,24H2,1-2H3. The first kappa shape index (κ1) is 26.9. The fourth-order valence-electron chi connectivity index (χ4n) is 7.33. The summed E-state index contributed by atoms with van der Waals surface area (Å²) >= 11 is 1.84. The minimum atomic E-state index is 0.853. The summed E-state index contributed by atoms with van der Waals surface area (Å²) in [7, 11) is 0. The molecule has 1 aliphatic carbocycles. The van der Waals surface area contributed by atoms with Crippen LogP contribution in [0.5, 0.6) is 0 Å². The van der Waals surface area contributed by atoms with Crippen molar-refractivity contribution >= 4 is 31.5 Å². The number of thiophene rings is 1. The van der Waals surface area contributed by atoms with Gasteiger partial charge < -0.3 is 0 Å². The van der Waals surface area contributed by atoms with Crippen LogP contribution in [0.1, 0.15) is 22.3 Å². The van der Waals surface area contributed by atoms with Crippen molar-refractivity contribution in [3.63, 3.8) is 0 Å². The minimum absolute atomic E-state index is 0.853. The molecule has 0 radical (unpaired) electrons. The maximum Gasteiger partial charge on any atom is 0.105 e. The first-order valence-electron chi connectivity index (χ1n) is 15.7. The number of hydrogen-bond acceptors (Lipinski definition) is 4. The average Bonchev–Trinajstić information content (AvgIpc) is 3.67. The zero-order valence-electron chi connectivity index (χ0n) is 25.6. The Labute approximate surface area is 271 Å². The number of rotatable bonds is 4. The van der Waals surface area contributed by atoms with Gasteiger partial charge in [-0.3, -0.25) is 0 Å². The van der Waals surface area contributed by atoms with Gasteiger partial charge in [0, 0.05) is 36.9 Å². The van der Waals surface area contributed by atoms with E-state index in [2.05, 4.69) is 140 Å². The molecule has 1 aliphatic rings. The Morgan fingerprint density at radius 2 is 1.22 bits per heavy atom. The molecule has 6 aromatic carbocycles. The second-order valence-corrected chi connectivity index (χ2v) is 13.2. The molecule has 0 aliphatic heterocycles. The lowest BCUT2D eigenvalue weighted by atomic mass is 9.84. The van der Waals surface area contributed by atoms with Gasteiger partial charge in [-0.25, -0.2) is 0 Å². The Bertz CT molecular complexity index is 2470. The van der Waals surface area contributed by atoms with Crippen molar-refractivity contribution in [1.82, 2.24) is 15.4 Å². The van der Waals surface area contributed by atoms with Crippen LogP contribution in [0.4, 0.5) is 0 Å². The summed E-state index contributed by atoms with van der Waals surface area (Å²) in [5, 5.41) is 16.7. The van der Waals surface area contributed by atoms with E-state index < -0.39 is 0 Å². The first-order valence-corrected chi connectivity index (χ1v) is 16.5. The van der Waals surface area contributed by atoms with E-state index in [1.54, 1.807) is 0 Å². The molecule has 4 heteroatoms. The largest absolute Gasteiger partial charge is 0.135 e. The van der Waals surface area contributed by atoms with Crippen LogP contribution < -0.4 is 0 Å². The van der Waals surface area contributed by atoms with Crippen molar-refractivity contribution in [2.45, 2.75) is 20.3 Å². The summed E-state index contributed by atoms with van der Waals surface area (Å²) in [6.45, 7) is 4.47. The van der Waals surface area contributed by atoms with Crippen molar-refractivity contribution in [2.24, 2.45) is 0 Å². The van der Waals surface area contributed by atoms with Crippen LogP contribution in [0.25, 0.3) is 76.1 Å². The van der Waals surface area contributed by atoms with Crippen LogP contribution in [-0.4, -0.2) is 15.4 Å². The lowest BCUT2D eigenvalue weighted by Crippen LogP contribution is -2.05. The van der Waals surface area contributed by atoms with Gasteiger partial charge in [-0.1, -0.05) is 115 Å². The third-order valence-corrected chi connectivity index (χ3v) is 10.7. The van der Waals surface area contributed by atoms with Gasteiger partial charge in [0.2, 0.25) is 0 Å². The third-order valence-electron chi connectivity index (χ3n) is 9.56. The van der Waals surface area contributed by atoms with E-state index in [0.29, 0.717) is 0 Å². The normalized spacial score (nSPS) is 12.0. The molecule has 0 fully saturated rings. The van der Waals surface area contributed by atoms with Crippen molar-refractivity contribution < 1.29 is 0 Å². The molecular weight excluding hydrogens is 579 g/mol. The fourth-order valence-corrected chi connectivity index (χ4v) is 8.46. The molecule has 0 spiro atoms. The molecule has 0 N–H and O–H groups in total. The summed E-state index contributed by atoms with van der Waals surface area (Å²) in [5.74, 6) is 0. The van der Waals surface area contributed by atoms with E-state index in [9.17, 15) is 0 Å². The topological polar surface area (TPSA) is 38.7 Å². The van der Waals surface area contributed by atoms with Crippen LogP contribution in [0, 0.1) is 13.8 Å². The summed E-state index contributed by atoms with van der Waals surface area (Å²) in [6.07, 6.45) is 0.875. The highest BCUT2D eigenvalue weighted by atomic mass is 32.1. The zero-order valence-corrected chi connectivity index (χ0v) is 26.4. The summed E-state index contributed by atoms with van der Waals surface area (Å²) in [6, 6.07) is 45.6. The van der Waals surface area contributed by atoms with Crippen molar-refractivity contribution in [3.05, 3.63) is 150 Å². The summed E-state index contributed by atoms with van der Waals surface area (Å²) in [4.78, 5) is 0. The molecule has 0 atom stereocenters. The van der Waals surface area contributed by atoms with Crippen molar-refractivity contribution in [2.75, 3.05) is 0 Å². The third kappa shape index (κ3) is 4.07. The number of aryl methyl sites for hydroxylation is 1. The molecule has 9 rings (SSSR count). The number of aromatic nitrogens is 3. The van der Waals surface area contributed by atoms with Gasteiger partial charge in [0.1, 0.15) is 11.4 Å². The predicted molar refractivity (Wildman–Crippen MR) is 192 cm³/mol. The Morgan fingerprint density at radius 1 is 0.543 bits per heavy atom. The SMILES string of the molecule is Cc1cc2c(c(-c3c(-c4ccccc4)nnnc3-c3ccccc3-c3cccc4sc5ccccc5c34)c1C)Cc1ccccc1-2. The molecule has 0 saturated heterocycles. The molecule has 46 heavy (non-hydrogen) atoms. The Balaban J connectivity index is 1.38. The molecule has 0 unspecified atom stereocenters. The van der Waals surface area contributed by atoms with Crippen LogP contribution in [0.15, 0.2) is 127 Å². The van der Waals surface area contributed by atoms with Gasteiger partial charge in [0.05, 0.1) is 0 Å². The van der Waals surface area contributed by atoms with E-state index in [1.165, 1.54) is 64.7 Å². The molecule has 8 aromatic rings. The van der Waals surface area contributed by atoms with Gasteiger partial charge >= 0.3 is 0 Å². The van der Waals surface area contributed by atoms with E-state index in [1.807, 2.05) is 17.4 Å². The van der Waals surface area contributed by atoms with Gasteiger partial charge in [0.15, 0.2) is 0 Å². The maximum absolute atomic E-state index is 4.91. The Kier molecular flexibility index (Phi) is 6.19. The lowest BCUT2D eigenvalue weighted by Gasteiger charge is -2.21. The highest BCUT2D eigenvalue weighted by molar-refractivity contribution is 7.25. The highest BCUT2D eigenvalue weighted by Gasteiger charge is 2.29. The molecule has 3 nitrogen and oxygen atoms in total. The predicted octanol–water partition coefficient (Wildman–Crippen LogP) is 11.1. The van der Waals surface area contributed by atoms with E-state index >= 15 is 0 Å². The monoisotopic (exact) mass is 607 g/mol. The molecular formula is C42H29N3S. The maximum atomic E-state index is 4.91. The molecule has 0 amide bonds. The van der Waals surface area contributed by atoms with Gasteiger partial charge in [-0.2, -0.15) is 0 Å². The second-order valence-electron chi connectivity index (χ2n) is 12.1. The summed E-state index contributed by atoms with van der Waals surface area (Å²) < 4.78 is 2.58. The number of nitrogens with zero attached hydrogens (tertiary/aromatic N) is 3.